The Bertz CT molecular complexity index is 890. The monoisotopic (exact) mass is 487 g/mol. The zero-order valence-electron chi connectivity index (χ0n) is 18.0. The van der Waals surface area contributed by atoms with E-state index >= 15 is 0 Å². The van der Waals surface area contributed by atoms with Crippen LogP contribution in [0.15, 0.2) is 0 Å². The average molecular weight is 488 g/mol. The van der Waals surface area contributed by atoms with Crippen molar-refractivity contribution in [2.24, 2.45) is 23.2 Å². The van der Waals surface area contributed by atoms with Gasteiger partial charge in [-0.1, -0.05) is 3.71 Å². The number of aliphatic hydroxyl groups is 1. The summed E-state index contributed by atoms with van der Waals surface area (Å²) in [5, 5.41) is 4.68. The number of sulfonamides is 2. The van der Waals surface area contributed by atoms with E-state index in [2.05, 4.69) is 0 Å². The van der Waals surface area contributed by atoms with Gasteiger partial charge in [0.1, 0.15) is 0 Å². The molecule has 0 radical (unpaired) electrons. The van der Waals surface area contributed by atoms with E-state index in [1.165, 1.54) is 13.8 Å². The number of carbonyl (C=O) groups excluding carboxylic acids is 1. The van der Waals surface area contributed by atoms with Crippen LogP contribution in [0.1, 0.15) is 58.8 Å². The Labute approximate surface area is 182 Å². The zero-order chi connectivity index (χ0) is 23.5. The number of alkyl halides is 2. The van der Waals surface area contributed by atoms with Gasteiger partial charge < -0.3 is 9.84 Å². The van der Waals surface area contributed by atoms with Gasteiger partial charge >= 0.3 is 21.2 Å². The smallest absolute Gasteiger partial charge is 0.455 e. The van der Waals surface area contributed by atoms with Crippen LogP contribution in [0.2, 0.25) is 0 Å². The molecule has 180 valence electrons. The Morgan fingerprint density at radius 3 is 1.90 bits per heavy atom. The van der Waals surface area contributed by atoms with E-state index < -0.39 is 59.0 Å². The molecule has 0 aromatic rings. The quantitative estimate of drug-likeness (QED) is 0.495. The average Bonchev–Trinajstić information content (AvgIpc) is 2.55. The van der Waals surface area contributed by atoms with E-state index in [1.54, 1.807) is 0 Å². The van der Waals surface area contributed by atoms with Crippen molar-refractivity contribution in [1.29, 1.82) is 0 Å². The normalized spacial score (nSPS) is 31.3. The van der Waals surface area contributed by atoms with E-state index in [0.717, 1.165) is 38.5 Å². The molecule has 4 saturated carbocycles. The molecule has 0 atom stereocenters. The van der Waals surface area contributed by atoms with Crippen LogP contribution in [0.25, 0.3) is 0 Å². The van der Waals surface area contributed by atoms with E-state index in [9.17, 15) is 35.5 Å². The second kappa shape index (κ2) is 7.88. The molecular weight excluding hydrogens is 456 g/mol. The summed E-state index contributed by atoms with van der Waals surface area (Å²) in [6.45, 7) is 1.33. The van der Waals surface area contributed by atoms with E-state index in [0.29, 0.717) is 24.0 Å². The first-order valence-electron chi connectivity index (χ1n) is 10.5. The Hall–Kier alpha value is -0.850. The van der Waals surface area contributed by atoms with Crippen molar-refractivity contribution in [3.8, 4) is 0 Å². The molecule has 8 nitrogen and oxygen atoms in total. The molecule has 0 aliphatic heterocycles. The van der Waals surface area contributed by atoms with Gasteiger partial charge in [0.2, 0.25) is 10.0 Å². The maximum atomic E-state index is 14.7. The highest BCUT2D eigenvalue weighted by Gasteiger charge is 2.60. The summed E-state index contributed by atoms with van der Waals surface area (Å²) in [7, 11) is -10.6. The Kier molecular flexibility index (Phi) is 6.30. The van der Waals surface area contributed by atoms with Crippen LogP contribution in [-0.2, 0) is 29.6 Å². The largest absolute Gasteiger partial charge is 0.460 e. The molecule has 4 aliphatic carbocycles. The lowest BCUT2D eigenvalue weighted by atomic mass is 9.50. The van der Waals surface area contributed by atoms with Gasteiger partial charge in [-0.2, -0.15) is 8.78 Å². The van der Waals surface area contributed by atoms with Crippen molar-refractivity contribution >= 4 is 26.0 Å². The van der Waals surface area contributed by atoms with Gasteiger partial charge in [0, 0.05) is 12.0 Å². The predicted molar refractivity (Wildman–Crippen MR) is 108 cm³/mol. The van der Waals surface area contributed by atoms with Crippen LogP contribution in [-0.4, -0.2) is 61.9 Å². The topological polar surface area (TPSA) is 118 Å². The molecule has 0 aromatic heterocycles. The van der Waals surface area contributed by atoms with Crippen molar-refractivity contribution in [2.45, 2.75) is 69.6 Å². The molecule has 0 aromatic carbocycles. The molecular formula is C19H31F2NO7S2. The number of ether oxygens (including phenoxy) is 1. The van der Waals surface area contributed by atoms with Crippen LogP contribution < -0.4 is 0 Å². The molecule has 0 unspecified atom stereocenters. The zero-order valence-corrected chi connectivity index (χ0v) is 19.6. The Morgan fingerprint density at radius 2 is 1.52 bits per heavy atom. The lowest BCUT2D eigenvalue weighted by Crippen LogP contribution is -2.53. The van der Waals surface area contributed by atoms with Gasteiger partial charge in [0.15, 0.2) is 0 Å². The molecule has 0 heterocycles. The fraction of sp³-hybridized carbons (Fsp3) is 0.947. The van der Waals surface area contributed by atoms with Crippen LogP contribution >= 0.6 is 0 Å². The molecule has 4 rings (SSSR count). The maximum absolute atomic E-state index is 14.7. The first-order chi connectivity index (χ1) is 14.0. The third-order valence-electron chi connectivity index (χ3n) is 6.78. The molecule has 0 spiro atoms. The molecule has 0 amide bonds. The van der Waals surface area contributed by atoms with Crippen molar-refractivity contribution in [3.63, 3.8) is 0 Å². The summed E-state index contributed by atoms with van der Waals surface area (Å²) in [6, 6.07) is 0. The minimum atomic E-state index is -5.93. The molecule has 0 saturated heterocycles. The van der Waals surface area contributed by atoms with Gasteiger partial charge in [-0.3, -0.25) is 0 Å². The molecule has 1 N–H and O–H groups in total. The number of carbonyl (C=O) groups is 1. The fourth-order valence-electron chi connectivity index (χ4n) is 5.83. The van der Waals surface area contributed by atoms with Crippen LogP contribution in [0.5, 0.6) is 0 Å². The fourth-order valence-corrected chi connectivity index (χ4v) is 8.82. The Balaban J connectivity index is 1.74. The maximum Gasteiger partial charge on any atom is 0.455 e. The highest BCUT2D eigenvalue weighted by atomic mass is 32.3. The highest BCUT2D eigenvalue weighted by molar-refractivity contribution is 8.04. The summed E-state index contributed by atoms with van der Waals surface area (Å²) in [5.74, 6) is -0.814. The lowest BCUT2D eigenvalue weighted by Gasteiger charge is -2.56. The number of esters is 1. The number of rotatable bonds is 9. The minimum Gasteiger partial charge on any atom is -0.460 e. The molecule has 4 fully saturated rings. The number of hydrogen-bond donors (Lipinski definition) is 1. The van der Waals surface area contributed by atoms with Gasteiger partial charge in [0.25, 0.3) is 0 Å². The third-order valence-corrected chi connectivity index (χ3v) is 10.6. The summed E-state index contributed by atoms with van der Waals surface area (Å²) >= 11 is 0. The highest BCUT2D eigenvalue weighted by Crippen LogP contribution is 2.60. The third kappa shape index (κ3) is 5.06. The molecule has 4 bridgehead atoms. The first kappa shape index (κ1) is 24.8. The second-order valence-electron chi connectivity index (χ2n) is 10.3. The summed E-state index contributed by atoms with van der Waals surface area (Å²) in [6.07, 6.45) is 5.62. The molecule has 4 aliphatic rings. The van der Waals surface area contributed by atoms with Crippen molar-refractivity contribution in [2.75, 3.05) is 19.4 Å². The summed E-state index contributed by atoms with van der Waals surface area (Å²) in [5.41, 5.74) is -1.91. The first-order valence-corrected chi connectivity index (χ1v) is 13.7. The number of hydrogen-bond acceptors (Lipinski definition) is 7. The van der Waals surface area contributed by atoms with E-state index in [-0.39, 0.29) is 6.61 Å². The van der Waals surface area contributed by atoms with Crippen molar-refractivity contribution in [1.82, 2.24) is 3.71 Å². The van der Waals surface area contributed by atoms with E-state index in [1.807, 2.05) is 0 Å². The van der Waals surface area contributed by atoms with Gasteiger partial charge in [0.05, 0.1) is 18.5 Å². The molecule has 12 heteroatoms. The van der Waals surface area contributed by atoms with Crippen LogP contribution in [0.4, 0.5) is 8.78 Å². The lowest BCUT2D eigenvalue weighted by molar-refractivity contribution is -0.171. The summed E-state index contributed by atoms with van der Waals surface area (Å²) < 4.78 is 82.7. The Morgan fingerprint density at radius 1 is 1.06 bits per heavy atom. The van der Waals surface area contributed by atoms with E-state index in [4.69, 9.17) is 4.74 Å². The van der Waals surface area contributed by atoms with Gasteiger partial charge in [-0.05, 0) is 76.5 Å². The minimum absolute atomic E-state index is 0.289. The van der Waals surface area contributed by atoms with Gasteiger partial charge in [-0.25, -0.2) is 21.6 Å². The SMILES string of the molecule is CC(C)(O)CCN(S(C)(=O)=O)S(=O)(=O)C(F)(F)C(=O)OCC12CC3CC(CC(C3)C1)C2. The number of halogens is 2. The molecule has 31 heavy (non-hydrogen) atoms. The van der Waals surface area contributed by atoms with Gasteiger partial charge in [-0.15, -0.1) is 0 Å². The second-order valence-corrected chi connectivity index (χ2v) is 14.4. The summed E-state index contributed by atoms with van der Waals surface area (Å²) in [4.78, 5) is 12.2. The van der Waals surface area contributed by atoms with Crippen LogP contribution in [0.3, 0.4) is 0 Å². The van der Waals surface area contributed by atoms with Crippen molar-refractivity contribution < 1.29 is 40.3 Å². The van der Waals surface area contributed by atoms with Crippen molar-refractivity contribution in [3.05, 3.63) is 0 Å². The number of nitrogens with zero attached hydrogens (tertiary/aromatic N) is 1. The van der Waals surface area contributed by atoms with Crippen LogP contribution in [0, 0.1) is 23.2 Å². The standard InChI is InChI=1S/C19H31F2NO7S2/c1-17(2,24)4-5-22(30(3,25)26)31(27,28)19(20,21)16(23)29-12-18-9-13-6-14(10-18)8-15(7-13)11-18/h13-15,24H,4-12H2,1-3H3. The predicted octanol–water partition coefficient (Wildman–Crippen LogP) is 2.09.